The summed E-state index contributed by atoms with van der Waals surface area (Å²) in [7, 11) is 1.49. The van der Waals surface area contributed by atoms with Crippen molar-refractivity contribution in [2.45, 2.75) is 18.8 Å². The molecule has 1 fully saturated rings. The van der Waals surface area contributed by atoms with Gasteiger partial charge in [0.2, 0.25) is 0 Å². The van der Waals surface area contributed by atoms with Crippen molar-refractivity contribution in [3.05, 3.63) is 22.1 Å². The highest BCUT2D eigenvalue weighted by atomic mass is 16.5. The van der Waals surface area contributed by atoms with Gasteiger partial charge in [0.1, 0.15) is 0 Å². The van der Waals surface area contributed by atoms with E-state index in [9.17, 15) is 4.79 Å². The average Bonchev–Trinajstić information content (AvgIpc) is 2.85. The molecule has 0 spiro atoms. The molecular formula is C8H10N2O2. The molecule has 1 aliphatic carbocycles. The van der Waals surface area contributed by atoms with Gasteiger partial charge in [0.15, 0.2) is 0 Å². The number of H-pyrrole nitrogens is 1. The van der Waals surface area contributed by atoms with Crippen molar-refractivity contribution in [1.29, 1.82) is 0 Å². The quantitative estimate of drug-likeness (QED) is 0.702. The molecule has 0 aromatic carbocycles. The molecule has 2 rings (SSSR count). The normalized spacial score (nSPS) is 16.1. The molecule has 1 heterocycles. The summed E-state index contributed by atoms with van der Waals surface area (Å²) in [4.78, 5) is 17.7. The number of methoxy groups -OCH3 is 1. The van der Waals surface area contributed by atoms with Gasteiger partial charge in [0, 0.05) is 12.0 Å². The van der Waals surface area contributed by atoms with Gasteiger partial charge < -0.3 is 4.74 Å². The van der Waals surface area contributed by atoms with Crippen LogP contribution in [0.3, 0.4) is 0 Å². The van der Waals surface area contributed by atoms with Crippen LogP contribution in [0.4, 0.5) is 0 Å². The van der Waals surface area contributed by atoms with Gasteiger partial charge in [0.05, 0.1) is 12.8 Å². The van der Waals surface area contributed by atoms with Crippen LogP contribution < -0.4 is 10.3 Å². The third kappa shape index (κ3) is 1.32. The number of aromatic nitrogens is 2. The standard InChI is InChI=1S/C8H10N2O2/c1-12-8-9-6(5-2-3-5)4-7(11)10-8/h4-5H,2-3H2,1H3,(H,9,10,11). The Morgan fingerprint density at radius 2 is 2.42 bits per heavy atom. The second kappa shape index (κ2) is 2.62. The van der Waals surface area contributed by atoms with Crippen molar-refractivity contribution in [2.24, 2.45) is 0 Å². The summed E-state index contributed by atoms with van der Waals surface area (Å²) < 4.78 is 4.85. The largest absolute Gasteiger partial charge is 0.468 e. The number of nitrogens with zero attached hydrogens (tertiary/aromatic N) is 1. The van der Waals surface area contributed by atoms with Crippen molar-refractivity contribution in [3.63, 3.8) is 0 Å². The number of aromatic amines is 1. The third-order valence-electron chi connectivity index (χ3n) is 1.93. The van der Waals surface area contributed by atoms with E-state index in [4.69, 9.17) is 4.74 Å². The maximum absolute atomic E-state index is 11.0. The number of rotatable bonds is 2. The van der Waals surface area contributed by atoms with Gasteiger partial charge in [-0.05, 0) is 12.8 Å². The minimum absolute atomic E-state index is 0.135. The highest BCUT2D eigenvalue weighted by Gasteiger charge is 2.25. The van der Waals surface area contributed by atoms with E-state index in [1.165, 1.54) is 7.11 Å². The molecule has 4 heteroatoms. The van der Waals surface area contributed by atoms with E-state index in [2.05, 4.69) is 9.97 Å². The molecule has 0 saturated heterocycles. The highest BCUT2D eigenvalue weighted by Crippen LogP contribution is 2.38. The second-order valence-electron chi connectivity index (χ2n) is 2.95. The average molecular weight is 166 g/mol. The fourth-order valence-corrected chi connectivity index (χ4v) is 1.14. The van der Waals surface area contributed by atoms with E-state index < -0.39 is 0 Å². The van der Waals surface area contributed by atoms with Gasteiger partial charge in [-0.25, -0.2) is 4.98 Å². The lowest BCUT2D eigenvalue weighted by molar-refractivity contribution is 0.376. The van der Waals surface area contributed by atoms with Gasteiger partial charge in [0.25, 0.3) is 11.6 Å². The Morgan fingerprint density at radius 3 is 3.00 bits per heavy atom. The van der Waals surface area contributed by atoms with Crippen LogP contribution in [-0.4, -0.2) is 17.1 Å². The number of hydrogen-bond acceptors (Lipinski definition) is 3. The Labute approximate surface area is 69.6 Å². The lowest BCUT2D eigenvalue weighted by Crippen LogP contribution is -2.09. The molecule has 0 aliphatic heterocycles. The Morgan fingerprint density at radius 1 is 1.67 bits per heavy atom. The minimum Gasteiger partial charge on any atom is -0.468 e. The summed E-state index contributed by atoms with van der Waals surface area (Å²) in [6.07, 6.45) is 2.28. The van der Waals surface area contributed by atoms with Crippen LogP contribution in [0.1, 0.15) is 24.5 Å². The van der Waals surface area contributed by atoms with Gasteiger partial charge in [-0.1, -0.05) is 0 Å². The van der Waals surface area contributed by atoms with Crippen LogP contribution in [0.25, 0.3) is 0 Å². The van der Waals surface area contributed by atoms with Crippen LogP contribution in [0.5, 0.6) is 6.01 Å². The minimum atomic E-state index is -0.135. The molecule has 0 amide bonds. The van der Waals surface area contributed by atoms with E-state index >= 15 is 0 Å². The molecule has 0 unspecified atom stereocenters. The van der Waals surface area contributed by atoms with Crippen molar-refractivity contribution < 1.29 is 4.74 Å². The first-order chi connectivity index (χ1) is 5.79. The number of ether oxygens (including phenoxy) is 1. The van der Waals surface area contributed by atoms with Crippen molar-refractivity contribution in [3.8, 4) is 6.01 Å². The van der Waals surface area contributed by atoms with Crippen LogP contribution in [0.2, 0.25) is 0 Å². The first-order valence-corrected chi connectivity index (χ1v) is 3.95. The molecule has 0 bridgehead atoms. The van der Waals surface area contributed by atoms with E-state index in [0.29, 0.717) is 11.9 Å². The summed E-state index contributed by atoms with van der Waals surface area (Å²) in [5.74, 6) is 0.487. The predicted molar refractivity (Wildman–Crippen MR) is 43.4 cm³/mol. The molecule has 1 N–H and O–H groups in total. The van der Waals surface area contributed by atoms with E-state index in [1.807, 2.05) is 0 Å². The molecule has 1 aromatic rings. The fourth-order valence-electron chi connectivity index (χ4n) is 1.14. The molecule has 64 valence electrons. The molecule has 1 saturated carbocycles. The third-order valence-corrected chi connectivity index (χ3v) is 1.93. The van der Waals surface area contributed by atoms with Crippen molar-refractivity contribution in [1.82, 2.24) is 9.97 Å². The first kappa shape index (κ1) is 7.34. The molecular weight excluding hydrogens is 156 g/mol. The molecule has 1 aliphatic rings. The van der Waals surface area contributed by atoms with Crippen LogP contribution >= 0.6 is 0 Å². The maximum atomic E-state index is 11.0. The lowest BCUT2D eigenvalue weighted by Gasteiger charge is -1.99. The maximum Gasteiger partial charge on any atom is 0.296 e. The van der Waals surface area contributed by atoms with E-state index in [0.717, 1.165) is 18.5 Å². The van der Waals surface area contributed by atoms with Crippen molar-refractivity contribution >= 4 is 0 Å². The van der Waals surface area contributed by atoms with E-state index in [1.54, 1.807) is 6.07 Å². The molecule has 0 atom stereocenters. The highest BCUT2D eigenvalue weighted by molar-refractivity contribution is 5.15. The predicted octanol–water partition coefficient (Wildman–Crippen LogP) is 0.656. The SMILES string of the molecule is COc1nc(C2CC2)cc(=O)[nH]1. The molecule has 12 heavy (non-hydrogen) atoms. The van der Waals surface area contributed by atoms with Gasteiger partial charge in [-0.3, -0.25) is 9.78 Å². The summed E-state index contributed by atoms with van der Waals surface area (Å²) in [6.45, 7) is 0. The Bertz CT molecular complexity index is 341. The Kier molecular flexibility index (Phi) is 1.60. The number of hydrogen-bond donors (Lipinski definition) is 1. The van der Waals surface area contributed by atoms with Gasteiger partial charge in [-0.2, -0.15) is 0 Å². The zero-order chi connectivity index (χ0) is 8.55. The number of nitrogens with one attached hydrogen (secondary N) is 1. The molecule has 4 nitrogen and oxygen atoms in total. The molecule has 1 aromatic heterocycles. The Balaban J connectivity index is 2.41. The summed E-state index contributed by atoms with van der Waals surface area (Å²) in [5.41, 5.74) is 0.722. The van der Waals surface area contributed by atoms with Crippen LogP contribution in [-0.2, 0) is 0 Å². The summed E-state index contributed by atoms with van der Waals surface area (Å²) in [6, 6.07) is 1.85. The van der Waals surface area contributed by atoms with Gasteiger partial charge >= 0.3 is 0 Å². The topological polar surface area (TPSA) is 55.0 Å². The van der Waals surface area contributed by atoms with Crippen LogP contribution in [0, 0.1) is 0 Å². The Hall–Kier alpha value is -1.32. The van der Waals surface area contributed by atoms with Gasteiger partial charge in [-0.15, -0.1) is 0 Å². The molecule has 0 radical (unpaired) electrons. The van der Waals surface area contributed by atoms with Crippen molar-refractivity contribution in [2.75, 3.05) is 7.11 Å². The van der Waals surface area contributed by atoms with E-state index in [-0.39, 0.29) is 5.56 Å². The monoisotopic (exact) mass is 166 g/mol. The zero-order valence-corrected chi connectivity index (χ0v) is 6.83. The first-order valence-electron chi connectivity index (χ1n) is 3.95. The second-order valence-corrected chi connectivity index (χ2v) is 2.95. The summed E-state index contributed by atoms with van der Waals surface area (Å²) >= 11 is 0. The fraction of sp³-hybridized carbons (Fsp3) is 0.500. The van der Waals surface area contributed by atoms with Crippen LogP contribution in [0.15, 0.2) is 10.9 Å². The lowest BCUT2D eigenvalue weighted by atomic mass is 10.3. The zero-order valence-electron chi connectivity index (χ0n) is 6.83. The smallest absolute Gasteiger partial charge is 0.296 e. The summed E-state index contributed by atoms with van der Waals surface area (Å²) in [5, 5.41) is 0.